The lowest BCUT2D eigenvalue weighted by molar-refractivity contribution is 0.0943. The van der Waals surface area contributed by atoms with Gasteiger partial charge in [-0.05, 0) is 37.1 Å². The van der Waals surface area contributed by atoms with Crippen molar-refractivity contribution in [1.29, 1.82) is 0 Å². The summed E-state index contributed by atoms with van der Waals surface area (Å²) in [7, 11) is 0. The Hall–Kier alpha value is -2.31. The lowest BCUT2D eigenvalue weighted by Gasteiger charge is -2.09. The number of nitrogens with one attached hydrogen (secondary N) is 1. The van der Waals surface area contributed by atoms with Gasteiger partial charge in [0.1, 0.15) is 5.52 Å². The number of ether oxygens (including phenoxy) is 1. The highest BCUT2D eigenvalue weighted by Crippen LogP contribution is 2.27. The summed E-state index contributed by atoms with van der Waals surface area (Å²) in [5.74, 6) is 0.560. The van der Waals surface area contributed by atoms with E-state index in [9.17, 15) is 4.79 Å². The molecule has 0 aliphatic rings. The Bertz CT molecular complexity index is 830. The molecular formula is C20H22N2O3S. The standard InChI is InChI=1S/C20H22N2O3S/c1-2-24-13-7-12-21-19(23)16-9-4-3-8-15(16)14-26-20-22-17-10-5-6-11-18(17)25-20/h3-6,8-11H,2,7,12-14H2,1H3,(H,21,23). The Balaban J connectivity index is 1.60. The highest BCUT2D eigenvalue weighted by Gasteiger charge is 2.12. The fourth-order valence-electron chi connectivity index (χ4n) is 2.54. The summed E-state index contributed by atoms with van der Waals surface area (Å²) in [6.07, 6.45) is 0.805. The van der Waals surface area contributed by atoms with Crippen molar-refractivity contribution >= 4 is 28.8 Å². The average Bonchev–Trinajstić information content (AvgIpc) is 3.09. The third kappa shape index (κ3) is 4.86. The predicted octanol–water partition coefficient (Wildman–Crippen LogP) is 4.28. The fourth-order valence-corrected chi connectivity index (χ4v) is 3.38. The number of benzene rings is 2. The molecule has 0 spiro atoms. The number of nitrogens with zero attached hydrogens (tertiary/aromatic N) is 1. The van der Waals surface area contributed by atoms with Gasteiger partial charge in [0, 0.05) is 31.1 Å². The zero-order chi connectivity index (χ0) is 18.2. The quantitative estimate of drug-likeness (QED) is 0.450. The smallest absolute Gasteiger partial charge is 0.257 e. The molecule has 0 aliphatic carbocycles. The molecule has 6 heteroatoms. The molecule has 2 aromatic carbocycles. The molecule has 0 unspecified atom stereocenters. The van der Waals surface area contributed by atoms with Crippen LogP contribution in [0.3, 0.4) is 0 Å². The first kappa shape index (κ1) is 18.5. The number of hydrogen-bond acceptors (Lipinski definition) is 5. The van der Waals surface area contributed by atoms with Crippen molar-refractivity contribution < 1.29 is 13.9 Å². The van der Waals surface area contributed by atoms with Gasteiger partial charge in [-0.3, -0.25) is 4.79 Å². The Labute approximate surface area is 157 Å². The highest BCUT2D eigenvalue weighted by atomic mass is 32.2. The maximum Gasteiger partial charge on any atom is 0.257 e. The minimum Gasteiger partial charge on any atom is -0.431 e. The van der Waals surface area contributed by atoms with E-state index < -0.39 is 0 Å². The molecule has 0 bridgehead atoms. The van der Waals surface area contributed by atoms with E-state index >= 15 is 0 Å². The molecule has 26 heavy (non-hydrogen) atoms. The SMILES string of the molecule is CCOCCCNC(=O)c1ccccc1CSc1nc2ccccc2o1. The Morgan fingerprint density at radius 1 is 1.19 bits per heavy atom. The van der Waals surface area contributed by atoms with E-state index in [2.05, 4.69) is 10.3 Å². The van der Waals surface area contributed by atoms with Crippen molar-refractivity contribution in [2.45, 2.75) is 24.3 Å². The van der Waals surface area contributed by atoms with Crippen molar-refractivity contribution in [1.82, 2.24) is 10.3 Å². The number of rotatable bonds is 9. The van der Waals surface area contributed by atoms with Gasteiger partial charge in [-0.15, -0.1) is 0 Å². The number of para-hydroxylation sites is 2. The fraction of sp³-hybridized carbons (Fsp3) is 0.300. The van der Waals surface area contributed by atoms with Gasteiger partial charge in [0.05, 0.1) is 0 Å². The van der Waals surface area contributed by atoms with Crippen molar-refractivity contribution in [3.63, 3.8) is 0 Å². The largest absolute Gasteiger partial charge is 0.431 e. The minimum atomic E-state index is -0.0599. The molecule has 0 radical (unpaired) electrons. The summed E-state index contributed by atoms with van der Waals surface area (Å²) < 4.78 is 11.0. The van der Waals surface area contributed by atoms with E-state index in [4.69, 9.17) is 9.15 Å². The molecule has 1 aromatic heterocycles. The number of aromatic nitrogens is 1. The van der Waals surface area contributed by atoms with E-state index in [1.54, 1.807) is 0 Å². The number of thioether (sulfide) groups is 1. The summed E-state index contributed by atoms with van der Waals surface area (Å²) in [5.41, 5.74) is 3.26. The van der Waals surface area contributed by atoms with Crippen LogP contribution in [0.1, 0.15) is 29.3 Å². The van der Waals surface area contributed by atoms with E-state index in [0.29, 0.717) is 36.3 Å². The molecule has 136 valence electrons. The molecule has 0 saturated heterocycles. The van der Waals surface area contributed by atoms with Crippen LogP contribution in [-0.4, -0.2) is 30.6 Å². The van der Waals surface area contributed by atoms with Crippen LogP contribution in [0.25, 0.3) is 11.1 Å². The minimum absolute atomic E-state index is 0.0599. The lowest BCUT2D eigenvalue weighted by atomic mass is 10.1. The third-order valence-electron chi connectivity index (χ3n) is 3.84. The first-order chi connectivity index (χ1) is 12.8. The Morgan fingerprint density at radius 3 is 2.85 bits per heavy atom. The molecular weight excluding hydrogens is 348 g/mol. The van der Waals surface area contributed by atoms with Gasteiger partial charge in [-0.1, -0.05) is 42.1 Å². The van der Waals surface area contributed by atoms with Crippen LogP contribution in [-0.2, 0) is 10.5 Å². The molecule has 0 atom stereocenters. The maximum atomic E-state index is 12.5. The topological polar surface area (TPSA) is 64.4 Å². The van der Waals surface area contributed by atoms with Crippen LogP contribution in [0.15, 0.2) is 58.2 Å². The van der Waals surface area contributed by atoms with E-state index in [1.165, 1.54) is 11.8 Å². The molecule has 5 nitrogen and oxygen atoms in total. The summed E-state index contributed by atoms with van der Waals surface area (Å²) in [4.78, 5) is 16.9. The monoisotopic (exact) mass is 370 g/mol. The van der Waals surface area contributed by atoms with Crippen LogP contribution in [0.2, 0.25) is 0 Å². The van der Waals surface area contributed by atoms with Crippen LogP contribution >= 0.6 is 11.8 Å². The van der Waals surface area contributed by atoms with Crippen LogP contribution in [0.4, 0.5) is 0 Å². The molecule has 1 N–H and O–H groups in total. The zero-order valence-corrected chi connectivity index (χ0v) is 15.6. The molecule has 3 rings (SSSR count). The predicted molar refractivity (Wildman–Crippen MR) is 103 cm³/mol. The maximum absolute atomic E-state index is 12.5. The van der Waals surface area contributed by atoms with Gasteiger partial charge >= 0.3 is 0 Å². The summed E-state index contributed by atoms with van der Waals surface area (Å²) >= 11 is 1.49. The second kappa shape index (κ2) is 9.40. The summed E-state index contributed by atoms with van der Waals surface area (Å²) in [6.45, 7) is 3.92. The number of hydrogen-bond donors (Lipinski definition) is 1. The molecule has 0 fully saturated rings. The van der Waals surface area contributed by atoms with Gasteiger partial charge < -0.3 is 14.5 Å². The Kier molecular flexibility index (Phi) is 6.68. The number of carbonyl (C=O) groups excluding carboxylic acids is 1. The first-order valence-electron chi connectivity index (χ1n) is 8.70. The van der Waals surface area contributed by atoms with Gasteiger partial charge in [-0.25, -0.2) is 4.98 Å². The van der Waals surface area contributed by atoms with Gasteiger partial charge in [0.15, 0.2) is 5.58 Å². The van der Waals surface area contributed by atoms with Crippen LogP contribution < -0.4 is 5.32 Å². The molecule has 1 heterocycles. The first-order valence-corrected chi connectivity index (χ1v) is 9.68. The number of amides is 1. The van der Waals surface area contributed by atoms with Crippen LogP contribution in [0.5, 0.6) is 0 Å². The normalized spacial score (nSPS) is 11.0. The lowest BCUT2D eigenvalue weighted by Crippen LogP contribution is -2.26. The summed E-state index contributed by atoms with van der Waals surface area (Å²) in [6, 6.07) is 15.3. The Morgan fingerprint density at radius 2 is 2.00 bits per heavy atom. The van der Waals surface area contributed by atoms with E-state index in [0.717, 1.165) is 23.1 Å². The van der Waals surface area contributed by atoms with Crippen molar-refractivity contribution in [3.8, 4) is 0 Å². The zero-order valence-electron chi connectivity index (χ0n) is 14.7. The molecule has 0 aliphatic heterocycles. The number of oxazole rings is 1. The second-order valence-corrected chi connectivity index (χ2v) is 6.63. The molecule has 0 saturated carbocycles. The average molecular weight is 370 g/mol. The number of carbonyl (C=O) groups is 1. The van der Waals surface area contributed by atoms with Crippen LogP contribution in [0, 0.1) is 0 Å². The number of fused-ring (bicyclic) bond motifs is 1. The second-order valence-electron chi connectivity index (χ2n) is 5.70. The highest BCUT2D eigenvalue weighted by molar-refractivity contribution is 7.98. The molecule has 3 aromatic rings. The van der Waals surface area contributed by atoms with E-state index in [-0.39, 0.29) is 5.91 Å². The van der Waals surface area contributed by atoms with Gasteiger partial charge in [0.2, 0.25) is 0 Å². The van der Waals surface area contributed by atoms with Gasteiger partial charge in [-0.2, -0.15) is 0 Å². The third-order valence-corrected chi connectivity index (χ3v) is 4.72. The van der Waals surface area contributed by atoms with E-state index in [1.807, 2.05) is 55.5 Å². The molecule has 1 amide bonds. The van der Waals surface area contributed by atoms with Crippen molar-refractivity contribution in [2.75, 3.05) is 19.8 Å². The summed E-state index contributed by atoms with van der Waals surface area (Å²) in [5, 5.41) is 3.56. The van der Waals surface area contributed by atoms with Crippen molar-refractivity contribution in [3.05, 3.63) is 59.7 Å². The van der Waals surface area contributed by atoms with Crippen molar-refractivity contribution in [2.24, 2.45) is 0 Å². The van der Waals surface area contributed by atoms with Gasteiger partial charge in [0.25, 0.3) is 11.1 Å².